The van der Waals surface area contributed by atoms with E-state index in [1.165, 1.54) is 11.3 Å². The van der Waals surface area contributed by atoms with Crippen LogP contribution in [-0.4, -0.2) is 28.0 Å². The summed E-state index contributed by atoms with van der Waals surface area (Å²) in [7, 11) is 0. The molecule has 0 fully saturated rings. The Morgan fingerprint density at radius 2 is 2.26 bits per heavy atom. The number of carbonyl (C=O) groups is 2. The first-order valence-electron chi connectivity index (χ1n) is 6.20. The van der Waals surface area contributed by atoms with Crippen molar-refractivity contribution in [3.63, 3.8) is 0 Å². The highest BCUT2D eigenvalue weighted by atomic mass is 32.1. The van der Waals surface area contributed by atoms with Gasteiger partial charge in [0.05, 0.1) is 6.04 Å². The lowest BCUT2D eigenvalue weighted by atomic mass is 10.1. The highest BCUT2D eigenvalue weighted by molar-refractivity contribution is 7.09. The maximum atomic E-state index is 11.9. The van der Waals surface area contributed by atoms with Crippen molar-refractivity contribution in [2.75, 3.05) is 0 Å². The van der Waals surface area contributed by atoms with Gasteiger partial charge in [-0.25, -0.2) is 9.78 Å². The lowest BCUT2D eigenvalue weighted by Crippen LogP contribution is -2.40. The van der Waals surface area contributed by atoms with E-state index in [2.05, 4.69) is 10.3 Å². The minimum Gasteiger partial charge on any atom is -0.480 e. The first kappa shape index (κ1) is 15.6. The number of hydrogen-bond donors (Lipinski definition) is 3. The molecule has 0 spiro atoms. The Morgan fingerprint density at radius 3 is 2.74 bits per heavy atom. The molecule has 1 rings (SSSR count). The molecule has 19 heavy (non-hydrogen) atoms. The van der Waals surface area contributed by atoms with Crippen LogP contribution in [0, 0.1) is 0 Å². The van der Waals surface area contributed by atoms with Gasteiger partial charge in [-0.15, -0.1) is 11.3 Å². The zero-order valence-electron chi connectivity index (χ0n) is 11.0. The smallest absolute Gasteiger partial charge is 0.326 e. The average molecular weight is 285 g/mol. The molecular weight excluding hydrogens is 266 g/mol. The number of nitrogens with zero attached hydrogens (tertiary/aromatic N) is 1. The number of aromatic nitrogens is 1. The number of aliphatic carboxylic acids is 1. The van der Waals surface area contributed by atoms with Crippen LogP contribution in [0.1, 0.15) is 54.6 Å². The van der Waals surface area contributed by atoms with Crippen molar-refractivity contribution >= 4 is 23.2 Å². The van der Waals surface area contributed by atoms with E-state index in [0.29, 0.717) is 11.4 Å². The standard InChI is InChI=1S/C12H19N3O3S/c1-3-4-5-8(12(17)18)14-10(16)9-6-19-11(15-9)7(2)13/h6-8H,3-5,13H2,1-2H3,(H,14,16)(H,17,18)/t7?,8-/m0/s1. The quantitative estimate of drug-likeness (QED) is 0.704. The fourth-order valence-corrected chi connectivity index (χ4v) is 2.26. The second kappa shape index (κ2) is 7.20. The molecule has 0 saturated carbocycles. The number of carbonyl (C=O) groups excluding carboxylic acids is 1. The lowest BCUT2D eigenvalue weighted by molar-refractivity contribution is -0.139. The third-order valence-electron chi connectivity index (χ3n) is 2.59. The van der Waals surface area contributed by atoms with Gasteiger partial charge in [0.15, 0.2) is 0 Å². The Kier molecular flexibility index (Phi) is 5.91. The molecular formula is C12H19N3O3S. The molecule has 6 nitrogen and oxygen atoms in total. The van der Waals surface area contributed by atoms with E-state index in [-0.39, 0.29) is 11.7 Å². The maximum absolute atomic E-state index is 11.9. The third kappa shape index (κ3) is 4.60. The van der Waals surface area contributed by atoms with Crippen LogP contribution in [0.15, 0.2) is 5.38 Å². The van der Waals surface area contributed by atoms with Gasteiger partial charge >= 0.3 is 5.97 Å². The van der Waals surface area contributed by atoms with Gasteiger partial charge in [-0.3, -0.25) is 4.79 Å². The van der Waals surface area contributed by atoms with Crippen LogP contribution in [0.3, 0.4) is 0 Å². The third-order valence-corrected chi connectivity index (χ3v) is 3.64. The number of nitrogens with two attached hydrogens (primary N) is 1. The van der Waals surface area contributed by atoms with Crippen molar-refractivity contribution in [1.29, 1.82) is 0 Å². The minimum atomic E-state index is -1.02. The zero-order chi connectivity index (χ0) is 14.4. The summed E-state index contributed by atoms with van der Waals surface area (Å²) in [6.07, 6.45) is 2.05. The van der Waals surface area contributed by atoms with Crippen LogP contribution in [0.4, 0.5) is 0 Å². The Labute approximate surface area is 116 Å². The normalized spacial score (nSPS) is 13.8. The van der Waals surface area contributed by atoms with E-state index in [4.69, 9.17) is 10.8 Å². The monoisotopic (exact) mass is 285 g/mol. The SMILES string of the molecule is CCCC[C@H](NC(=O)c1csc(C(C)N)n1)C(=O)O. The van der Waals surface area contributed by atoms with E-state index in [0.717, 1.165) is 12.8 Å². The predicted octanol–water partition coefficient (Wildman–Crippen LogP) is 1.54. The molecule has 2 atom stereocenters. The Hall–Kier alpha value is -1.47. The Balaban J connectivity index is 2.67. The van der Waals surface area contributed by atoms with Crippen LogP contribution in [0.25, 0.3) is 0 Å². The number of unbranched alkanes of at least 4 members (excludes halogenated alkanes) is 1. The average Bonchev–Trinajstić information content (AvgIpc) is 2.83. The molecule has 0 radical (unpaired) electrons. The summed E-state index contributed by atoms with van der Waals surface area (Å²) in [5, 5.41) is 13.8. The molecule has 0 saturated heterocycles. The second-order valence-corrected chi connectivity index (χ2v) is 5.26. The molecule has 1 aromatic rings. The minimum absolute atomic E-state index is 0.222. The number of carboxylic acids is 1. The number of rotatable bonds is 7. The highest BCUT2D eigenvalue weighted by Gasteiger charge is 2.21. The topological polar surface area (TPSA) is 105 Å². The summed E-state index contributed by atoms with van der Waals surface area (Å²) in [5.41, 5.74) is 5.89. The fourth-order valence-electron chi connectivity index (χ4n) is 1.50. The fraction of sp³-hybridized carbons (Fsp3) is 0.583. The summed E-state index contributed by atoms with van der Waals surface area (Å²) in [6.45, 7) is 3.75. The largest absolute Gasteiger partial charge is 0.480 e. The van der Waals surface area contributed by atoms with Gasteiger partial charge in [-0.2, -0.15) is 0 Å². The molecule has 106 valence electrons. The molecule has 0 aromatic carbocycles. The van der Waals surface area contributed by atoms with Crippen LogP contribution in [0.2, 0.25) is 0 Å². The molecule has 0 aliphatic heterocycles. The van der Waals surface area contributed by atoms with E-state index in [1.54, 1.807) is 12.3 Å². The molecule has 1 unspecified atom stereocenters. The van der Waals surface area contributed by atoms with Gasteiger partial charge in [0.1, 0.15) is 16.7 Å². The van der Waals surface area contributed by atoms with Crippen LogP contribution in [0.5, 0.6) is 0 Å². The van der Waals surface area contributed by atoms with Crippen molar-refractivity contribution < 1.29 is 14.7 Å². The van der Waals surface area contributed by atoms with Gasteiger partial charge in [0.2, 0.25) is 0 Å². The molecule has 0 aliphatic carbocycles. The van der Waals surface area contributed by atoms with E-state index < -0.39 is 17.9 Å². The van der Waals surface area contributed by atoms with Crippen LogP contribution < -0.4 is 11.1 Å². The Bertz CT molecular complexity index is 445. The van der Waals surface area contributed by atoms with Crippen molar-refractivity contribution in [2.24, 2.45) is 5.73 Å². The summed E-state index contributed by atoms with van der Waals surface area (Å²) in [4.78, 5) is 27.0. The van der Waals surface area contributed by atoms with E-state index in [1.807, 2.05) is 6.92 Å². The van der Waals surface area contributed by atoms with E-state index in [9.17, 15) is 9.59 Å². The first-order chi connectivity index (χ1) is 8.95. The molecule has 0 aliphatic rings. The summed E-state index contributed by atoms with van der Waals surface area (Å²) >= 11 is 1.29. The second-order valence-electron chi connectivity index (χ2n) is 4.37. The molecule has 1 aromatic heterocycles. The maximum Gasteiger partial charge on any atom is 0.326 e. The summed E-state index contributed by atoms with van der Waals surface area (Å²) in [6, 6.07) is -1.10. The van der Waals surface area contributed by atoms with Crippen molar-refractivity contribution in [1.82, 2.24) is 10.3 Å². The summed E-state index contributed by atoms with van der Waals surface area (Å²) in [5.74, 6) is -1.49. The molecule has 4 N–H and O–H groups in total. The molecule has 1 heterocycles. The number of amides is 1. The predicted molar refractivity (Wildman–Crippen MR) is 73.1 cm³/mol. The Morgan fingerprint density at radius 1 is 1.58 bits per heavy atom. The first-order valence-corrected chi connectivity index (χ1v) is 7.08. The van der Waals surface area contributed by atoms with Gasteiger partial charge in [0, 0.05) is 5.38 Å². The van der Waals surface area contributed by atoms with Crippen molar-refractivity contribution in [3.8, 4) is 0 Å². The number of nitrogens with one attached hydrogen (secondary N) is 1. The number of carboxylic acid groups (broad SMARTS) is 1. The molecule has 0 bridgehead atoms. The van der Waals surface area contributed by atoms with Gasteiger partial charge in [-0.1, -0.05) is 19.8 Å². The van der Waals surface area contributed by atoms with Gasteiger partial charge < -0.3 is 16.2 Å². The van der Waals surface area contributed by atoms with Crippen LogP contribution >= 0.6 is 11.3 Å². The lowest BCUT2D eigenvalue weighted by Gasteiger charge is -2.12. The van der Waals surface area contributed by atoms with Crippen molar-refractivity contribution in [3.05, 3.63) is 16.1 Å². The summed E-state index contributed by atoms with van der Waals surface area (Å²) < 4.78 is 0. The van der Waals surface area contributed by atoms with Crippen molar-refractivity contribution in [2.45, 2.75) is 45.2 Å². The zero-order valence-corrected chi connectivity index (χ0v) is 11.9. The highest BCUT2D eigenvalue weighted by Crippen LogP contribution is 2.16. The molecule has 1 amide bonds. The van der Waals surface area contributed by atoms with E-state index >= 15 is 0 Å². The number of thiazole rings is 1. The van der Waals surface area contributed by atoms with Gasteiger partial charge in [0.25, 0.3) is 5.91 Å². The molecule has 7 heteroatoms. The van der Waals surface area contributed by atoms with Crippen LogP contribution in [-0.2, 0) is 4.79 Å². The van der Waals surface area contributed by atoms with Gasteiger partial charge in [-0.05, 0) is 13.3 Å². The number of hydrogen-bond acceptors (Lipinski definition) is 5.